The molecule has 0 radical (unpaired) electrons. The van der Waals surface area contributed by atoms with Crippen molar-refractivity contribution < 1.29 is 0 Å². The van der Waals surface area contributed by atoms with E-state index in [1.54, 1.807) is 6.21 Å². The Balaban J connectivity index is 2.88. The zero-order valence-corrected chi connectivity index (χ0v) is 8.26. The van der Waals surface area contributed by atoms with Gasteiger partial charge in [-0.2, -0.15) is 0 Å². The zero-order chi connectivity index (χ0) is 7.72. The summed E-state index contributed by atoms with van der Waals surface area (Å²) in [7, 11) is 0. The van der Waals surface area contributed by atoms with E-state index in [1.807, 2.05) is 0 Å². The lowest BCUT2D eigenvalue weighted by molar-refractivity contribution is 0.803. The summed E-state index contributed by atoms with van der Waals surface area (Å²) in [4.78, 5) is 4.01. The largest absolute Gasteiger partial charge is 0.399 e. The molecule has 1 aliphatic rings. The zero-order valence-electron chi connectivity index (χ0n) is 5.09. The Hall–Kier alpha value is 0.130. The minimum absolute atomic E-state index is 0.0498. The van der Waals surface area contributed by atoms with E-state index in [1.165, 1.54) is 0 Å². The molecule has 0 aromatic rings. The van der Waals surface area contributed by atoms with Crippen molar-refractivity contribution in [3.63, 3.8) is 0 Å². The lowest BCUT2D eigenvalue weighted by Crippen LogP contribution is -2.39. The van der Waals surface area contributed by atoms with Gasteiger partial charge in [0, 0.05) is 6.21 Å². The topological polar surface area (TPSA) is 64.4 Å². The lowest BCUT2D eigenvalue weighted by Gasteiger charge is -2.19. The fourth-order valence-corrected chi connectivity index (χ4v) is 1.40. The van der Waals surface area contributed by atoms with Gasteiger partial charge in [0.25, 0.3) is 0 Å². The number of alkyl halides is 1. The Labute approximate surface area is 75.8 Å². The molecule has 0 bridgehead atoms. The average molecular weight is 269 g/mol. The van der Waals surface area contributed by atoms with Crippen LogP contribution in [0.1, 0.15) is 0 Å². The molecule has 1 heterocycles. The van der Waals surface area contributed by atoms with Gasteiger partial charge in [-0.3, -0.25) is 4.99 Å². The van der Waals surface area contributed by atoms with Gasteiger partial charge in [0.15, 0.2) is 0 Å². The van der Waals surface area contributed by atoms with Crippen molar-refractivity contribution >= 4 is 38.1 Å². The number of nitrogens with zero attached hydrogens (tertiary/aromatic N) is 1. The summed E-state index contributed by atoms with van der Waals surface area (Å²) in [5, 5.41) is 0. The second-order valence-corrected chi connectivity index (χ2v) is 3.80. The van der Waals surface area contributed by atoms with Gasteiger partial charge in [-0.15, -0.1) is 0 Å². The first-order chi connectivity index (χ1) is 4.63. The van der Waals surface area contributed by atoms with Crippen LogP contribution >= 0.6 is 31.9 Å². The maximum atomic E-state index is 5.66. The SMILES string of the molecule is NC1=C(Br)N=CC(Br)C1N. The highest BCUT2D eigenvalue weighted by molar-refractivity contribution is 9.11. The molecule has 1 aliphatic heterocycles. The number of hydrogen-bond acceptors (Lipinski definition) is 3. The Morgan fingerprint density at radius 1 is 1.60 bits per heavy atom. The van der Waals surface area contributed by atoms with Crippen LogP contribution in [0.4, 0.5) is 0 Å². The molecule has 0 aromatic heterocycles. The Kier molecular flexibility index (Phi) is 2.49. The van der Waals surface area contributed by atoms with Gasteiger partial charge in [0.2, 0.25) is 0 Å². The Bertz CT molecular complexity index is 199. The number of rotatable bonds is 0. The van der Waals surface area contributed by atoms with E-state index in [4.69, 9.17) is 11.5 Å². The predicted octanol–water partition coefficient (Wildman–Crippen LogP) is 0.684. The van der Waals surface area contributed by atoms with Gasteiger partial charge < -0.3 is 11.5 Å². The number of hydrogen-bond donors (Lipinski definition) is 2. The van der Waals surface area contributed by atoms with Crippen LogP contribution in [0.25, 0.3) is 0 Å². The van der Waals surface area contributed by atoms with E-state index >= 15 is 0 Å². The molecule has 56 valence electrons. The quantitative estimate of drug-likeness (QED) is 0.501. The molecule has 5 heteroatoms. The van der Waals surface area contributed by atoms with Crippen molar-refractivity contribution in [2.45, 2.75) is 10.9 Å². The van der Waals surface area contributed by atoms with Crippen molar-refractivity contribution in [2.75, 3.05) is 0 Å². The lowest BCUT2D eigenvalue weighted by atomic mass is 10.1. The molecule has 1 rings (SSSR count). The van der Waals surface area contributed by atoms with Gasteiger partial charge in [-0.25, -0.2) is 0 Å². The highest BCUT2D eigenvalue weighted by atomic mass is 79.9. The third-order valence-corrected chi connectivity index (χ3v) is 2.74. The van der Waals surface area contributed by atoms with Gasteiger partial charge in [-0.05, 0) is 15.9 Å². The molecule has 10 heavy (non-hydrogen) atoms. The van der Waals surface area contributed by atoms with Crippen LogP contribution in [0.3, 0.4) is 0 Å². The molecule has 0 saturated heterocycles. The summed E-state index contributed by atoms with van der Waals surface area (Å²) in [5.41, 5.74) is 11.8. The van der Waals surface area contributed by atoms with Crippen LogP contribution in [0.2, 0.25) is 0 Å². The van der Waals surface area contributed by atoms with E-state index in [0.717, 1.165) is 0 Å². The van der Waals surface area contributed by atoms with Gasteiger partial charge >= 0.3 is 0 Å². The minimum atomic E-state index is -0.174. The summed E-state index contributed by atoms with van der Waals surface area (Å²) in [6, 6.07) is -0.174. The standard InChI is InChI=1S/C5H7Br2N3/c6-2-1-10-5(7)4(9)3(2)8/h1-3H,8-9H2. The van der Waals surface area contributed by atoms with Crippen LogP contribution in [0.15, 0.2) is 15.3 Å². The first-order valence-electron chi connectivity index (χ1n) is 2.72. The smallest absolute Gasteiger partial charge is 0.126 e. The molecule has 0 aromatic carbocycles. The highest BCUT2D eigenvalue weighted by Gasteiger charge is 2.20. The van der Waals surface area contributed by atoms with Crippen LogP contribution in [-0.4, -0.2) is 17.1 Å². The van der Waals surface area contributed by atoms with Crippen LogP contribution in [-0.2, 0) is 0 Å². The van der Waals surface area contributed by atoms with Crippen molar-refractivity contribution in [3.8, 4) is 0 Å². The summed E-state index contributed by atoms with van der Waals surface area (Å²) in [5.74, 6) is 0. The fourth-order valence-electron chi connectivity index (χ4n) is 0.613. The number of nitrogens with two attached hydrogens (primary N) is 2. The Morgan fingerprint density at radius 2 is 2.20 bits per heavy atom. The van der Waals surface area contributed by atoms with E-state index in [2.05, 4.69) is 36.9 Å². The van der Waals surface area contributed by atoms with Gasteiger partial charge in [0.1, 0.15) is 4.61 Å². The third kappa shape index (κ3) is 1.41. The average Bonchev–Trinajstić information content (AvgIpc) is 1.93. The third-order valence-electron chi connectivity index (χ3n) is 1.27. The normalized spacial score (nSPS) is 33.1. The van der Waals surface area contributed by atoms with E-state index < -0.39 is 0 Å². The van der Waals surface area contributed by atoms with Crippen molar-refractivity contribution in [1.82, 2.24) is 0 Å². The molecular formula is C5H7Br2N3. The van der Waals surface area contributed by atoms with Gasteiger partial charge in [0.05, 0.1) is 16.6 Å². The molecule has 2 unspecified atom stereocenters. The molecule has 0 aliphatic carbocycles. The fraction of sp³-hybridized carbons (Fsp3) is 0.400. The first kappa shape index (κ1) is 8.23. The molecule has 3 nitrogen and oxygen atoms in total. The van der Waals surface area contributed by atoms with Crippen LogP contribution in [0, 0.1) is 0 Å². The van der Waals surface area contributed by atoms with E-state index in [0.29, 0.717) is 10.3 Å². The predicted molar refractivity (Wildman–Crippen MR) is 49.3 cm³/mol. The van der Waals surface area contributed by atoms with Crippen LogP contribution < -0.4 is 11.5 Å². The Morgan fingerprint density at radius 3 is 2.70 bits per heavy atom. The minimum Gasteiger partial charge on any atom is -0.399 e. The molecule has 0 saturated carbocycles. The van der Waals surface area contributed by atoms with Gasteiger partial charge in [-0.1, -0.05) is 15.9 Å². The van der Waals surface area contributed by atoms with E-state index in [9.17, 15) is 0 Å². The maximum absolute atomic E-state index is 5.66. The summed E-state index contributed by atoms with van der Waals surface area (Å²) in [6.07, 6.45) is 1.71. The highest BCUT2D eigenvalue weighted by Crippen LogP contribution is 2.20. The number of halogens is 2. The first-order valence-corrected chi connectivity index (χ1v) is 4.43. The van der Waals surface area contributed by atoms with Crippen LogP contribution in [0.5, 0.6) is 0 Å². The van der Waals surface area contributed by atoms with Crippen molar-refractivity contribution in [2.24, 2.45) is 16.5 Å². The molecule has 2 atom stereocenters. The summed E-state index contributed by atoms with van der Waals surface area (Å²) >= 11 is 6.49. The maximum Gasteiger partial charge on any atom is 0.126 e. The molecule has 4 N–H and O–H groups in total. The van der Waals surface area contributed by atoms with Crippen molar-refractivity contribution in [1.29, 1.82) is 0 Å². The number of aliphatic imine (C=N–C) groups is 1. The van der Waals surface area contributed by atoms with E-state index in [-0.39, 0.29) is 10.9 Å². The van der Waals surface area contributed by atoms with Crippen molar-refractivity contribution in [3.05, 3.63) is 10.3 Å². The summed E-state index contributed by atoms with van der Waals surface area (Å²) < 4.78 is 0.635. The molecular weight excluding hydrogens is 262 g/mol. The molecule has 0 spiro atoms. The molecule has 0 fully saturated rings. The monoisotopic (exact) mass is 267 g/mol. The second-order valence-electron chi connectivity index (χ2n) is 1.99. The second kappa shape index (κ2) is 3.02. The molecule has 0 amide bonds. The summed E-state index contributed by atoms with van der Waals surface area (Å²) in [6.45, 7) is 0.